The van der Waals surface area contributed by atoms with Crippen LogP contribution in [0.3, 0.4) is 0 Å². The summed E-state index contributed by atoms with van der Waals surface area (Å²) in [5.41, 5.74) is 8.02. The Bertz CT molecular complexity index is 500. The van der Waals surface area contributed by atoms with Crippen LogP contribution in [0.15, 0.2) is 12.3 Å². The summed E-state index contributed by atoms with van der Waals surface area (Å²) in [6.45, 7) is 4.42. The van der Waals surface area contributed by atoms with Crippen LogP contribution in [0.4, 0.5) is 5.82 Å². The van der Waals surface area contributed by atoms with Crippen LogP contribution in [0.2, 0.25) is 0 Å². The quantitative estimate of drug-likeness (QED) is 0.780. The molecular formula is C13H16N2O2. The first-order chi connectivity index (χ1) is 8.09. The Morgan fingerprint density at radius 3 is 3.18 bits per heavy atom. The molecule has 1 heterocycles. The third kappa shape index (κ3) is 1.24. The lowest BCUT2D eigenvalue weighted by atomic mass is 9.95. The second-order valence-electron chi connectivity index (χ2n) is 5.09. The Labute approximate surface area is 100 Å². The highest BCUT2D eigenvalue weighted by Gasteiger charge is 2.70. The van der Waals surface area contributed by atoms with Crippen molar-refractivity contribution in [1.82, 2.24) is 4.98 Å². The summed E-state index contributed by atoms with van der Waals surface area (Å²) in [5, 5.41) is 0. The van der Waals surface area contributed by atoms with Crippen LogP contribution in [-0.4, -0.2) is 17.6 Å². The lowest BCUT2D eigenvalue weighted by Crippen LogP contribution is -2.16. The molecule has 3 atom stereocenters. The molecule has 4 heteroatoms. The monoisotopic (exact) mass is 232 g/mol. The van der Waals surface area contributed by atoms with Gasteiger partial charge in [0.1, 0.15) is 5.82 Å². The second-order valence-corrected chi connectivity index (χ2v) is 5.09. The Morgan fingerprint density at radius 1 is 1.71 bits per heavy atom. The third-order valence-electron chi connectivity index (χ3n) is 4.28. The van der Waals surface area contributed by atoms with Gasteiger partial charge >= 0.3 is 5.97 Å². The molecule has 1 aromatic heterocycles. The Balaban J connectivity index is 1.92. The smallest absolute Gasteiger partial charge is 0.310 e. The van der Waals surface area contributed by atoms with Gasteiger partial charge in [-0.05, 0) is 36.5 Å². The molecule has 3 rings (SSSR count). The number of esters is 1. The van der Waals surface area contributed by atoms with Crippen molar-refractivity contribution in [2.24, 2.45) is 11.8 Å². The predicted molar refractivity (Wildman–Crippen MR) is 63.3 cm³/mol. The van der Waals surface area contributed by atoms with Gasteiger partial charge in [-0.15, -0.1) is 0 Å². The molecule has 1 aromatic rings. The van der Waals surface area contributed by atoms with Crippen molar-refractivity contribution >= 4 is 11.8 Å². The van der Waals surface area contributed by atoms with Gasteiger partial charge in [-0.3, -0.25) is 4.79 Å². The maximum atomic E-state index is 11.8. The van der Waals surface area contributed by atoms with Crippen LogP contribution < -0.4 is 5.73 Å². The number of fused-ring (bicyclic) bond motifs is 3. The standard InChI is InChI=1S/C13H16N2O2/c1-3-17-12(16)11-8-4-7-5-10(14)15-6-9(7)13(8,11)2/h5-6,8,11H,3-4H2,1-2H3,(H2,14,15)/t8-,11+,13+/m0/s1. The van der Waals surface area contributed by atoms with E-state index in [1.807, 2.05) is 19.2 Å². The number of nitrogens with two attached hydrogens (primary N) is 1. The van der Waals surface area contributed by atoms with E-state index in [1.165, 1.54) is 11.1 Å². The molecule has 0 aliphatic heterocycles. The molecule has 2 aliphatic carbocycles. The molecule has 4 nitrogen and oxygen atoms in total. The molecule has 1 saturated carbocycles. The SMILES string of the molecule is CCOC(=O)[C@H]1[C@@H]2Cc3cc(N)ncc3[C@@]21C. The number of carbonyl (C=O) groups excluding carboxylic acids is 1. The molecule has 0 saturated heterocycles. The Kier molecular flexibility index (Phi) is 2.00. The van der Waals surface area contributed by atoms with Gasteiger partial charge in [0, 0.05) is 11.6 Å². The van der Waals surface area contributed by atoms with E-state index >= 15 is 0 Å². The van der Waals surface area contributed by atoms with E-state index < -0.39 is 0 Å². The van der Waals surface area contributed by atoms with Crippen molar-refractivity contribution in [3.05, 3.63) is 23.4 Å². The van der Waals surface area contributed by atoms with E-state index in [9.17, 15) is 4.79 Å². The van der Waals surface area contributed by atoms with Gasteiger partial charge in [0.25, 0.3) is 0 Å². The molecule has 0 unspecified atom stereocenters. The van der Waals surface area contributed by atoms with Crippen molar-refractivity contribution in [3.8, 4) is 0 Å². The average molecular weight is 232 g/mol. The number of aromatic nitrogens is 1. The first kappa shape index (κ1) is 10.6. The number of nitrogen functional groups attached to an aromatic ring is 1. The second kappa shape index (κ2) is 3.22. The van der Waals surface area contributed by atoms with E-state index in [0.717, 1.165) is 6.42 Å². The number of carbonyl (C=O) groups is 1. The summed E-state index contributed by atoms with van der Waals surface area (Å²) in [5.74, 6) is 0.879. The van der Waals surface area contributed by atoms with Crippen molar-refractivity contribution < 1.29 is 9.53 Å². The van der Waals surface area contributed by atoms with E-state index in [0.29, 0.717) is 18.3 Å². The maximum Gasteiger partial charge on any atom is 0.310 e. The zero-order valence-corrected chi connectivity index (χ0v) is 10.1. The average Bonchev–Trinajstić information content (AvgIpc) is 2.74. The number of hydrogen-bond donors (Lipinski definition) is 1. The number of ether oxygens (including phenoxy) is 1. The van der Waals surface area contributed by atoms with Crippen molar-refractivity contribution in [2.75, 3.05) is 12.3 Å². The molecule has 0 radical (unpaired) electrons. The van der Waals surface area contributed by atoms with Gasteiger partial charge in [-0.2, -0.15) is 0 Å². The molecule has 17 heavy (non-hydrogen) atoms. The van der Waals surface area contributed by atoms with Crippen molar-refractivity contribution in [2.45, 2.75) is 25.7 Å². The van der Waals surface area contributed by atoms with Gasteiger partial charge in [0.2, 0.25) is 0 Å². The van der Waals surface area contributed by atoms with E-state index in [1.54, 1.807) is 0 Å². The van der Waals surface area contributed by atoms with Gasteiger partial charge < -0.3 is 10.5 Å². The van der Waals surface area contributed by atoms with Crippen LogP contribution in [-0.2, 0) is 21.4 Å². The summed E-state index contributed by atoms with van der Waals surface area (Å²) in [7, 11) is 0. The predicted octanol–water partition coefficient (Wildman–Crippen LogP) is 1.29. The molecule has 90 valence electrons. The number of rotatable bonds is 2. The van der Waals surface area contributed by atoms with Crippen LogP contribution in [0.1, 0.15) is 25.0 Å². The van der Waals surface area contributed by atoms with E-state index in [-0.39, 0.29) is 17.3 Å². The van der Waals surface area contributed by atoms with Gasteiger partial charge in [-0.25, -0.2) is 4.98 Å². The fourth-order valence-electron chi connectivity index (χ4n) is 3.35. The van der Waals surface area contributed by atoms with Crippen LogP contribution in [0.25, 0.3) is 0 Å². The first-order valence-electron chi connectivity index (χ1n) is 6.00. The molecule has 0 amide bonds. The largest absolute Gasteiger partial charge is 0.466 e. The summed E-state index contributed by atoms with van der Waals surface area (Å²) in [4.78, 5) is 16.0. The first-order valence-corrected chi connectivity index (χ1v) is 6.00. The minimum absolute atomic E-state index is 0.0142. The van der Waals surface area contributed by atoms with E-state index in [4.69, 9.17) is 10.5 Å². The highest BCUT2D eigenvalue weighted by Crippen LogP contribution is 2.66. The molecule has 2 N–H and O–H groups in total. The fourth-order valence-corrected chi connectivity index (χ4v) is 3.35. The maximum absolute atomic E-state index is 11.8. The minimum Gasteiger partial charge on any atom is -0.466 e. The summed E-state index contributed by atoms with van der Waals surface area (Å²) in [6.07, 6.45) is 2.74. The van der Waals surface area contributed by atoms with Crippen LogP contribution >= 0.6 is 0 Å². The Morgan fingerprint density at radius 2 is 2.47 bits per heavy atom. The Hall–Kier alpha value is -1.58. The number of hydrogen-bond acceptors (Lipinski definition) is 4. The van der Waals surface area contributed by atoms with Crippen LogP contribution in [0, 0.1) is 11.8 Å². The molecule has 0 spiro atoms. The number of pyridine rings is 1. The summed E-state index contributed by atoms with van der Waals surface area (Å²) >= 11 is 0. The van der Waals surface area contributed by atoms with E-state index in [2.05, 4.69) is 11.9 Å². The number of nitrogens with zero attached hydrogens (tertiary/aromatic N) is 1. The normalized spacial score (nSPS) is 32.8. The lowest BCUT2D eigenvalue weighted by Gasteiger charge is -2.12. The molecule has 0 aromatic carbocycles. The van der Waals surface area contributed by atoms with Crippen LogP contribution in [0.5, 0.6) is 0 Å². The van der Waals surface area contributed by atoms with Gasteiger partial charge in [0.05, 0.1) is 12.5 Å². The third-order valence-corrected chi connectivity index (χ3v) is 4.28. The fraction of sp³-hybridized carbons (Fsp3) is 0.538. The molecule has 1 fully saturated rings. The van der Waals surface area contributed by atoms with Gasteiger partial charge in [-0.1, -0.05) is 6.92 Å². The molecular weight excluding hydrogens is 216 g/mol. The molecule has 0 bridgehead atoms. The molecule has 2 aliphatic rings. The lowest BCUT2D eigenvalue weighted by molar-refractivity contribution is -0.145. The highest BCUT2D eigenvalue weighted by atomic mass is 16.5. The van der Waals surface area contributed by atoms with Crippen molar-refractivity contribution in [1.29, 1.82) is 0 Å². The van der Waals surface area contributed by atoms with Gasteiger partial charge in [0.15, 0.2) is 0 Å². The number of anilines is 1. The highest BCUT2D eigenvalue weighted by molar-refractivity contribution is 5.81. The topological polar surface area (TPSA) is 65.2 Å². The van der Waals surface area contributed by atoms with Crippen molar-refractivity contribution in [3.63, 3.8) is 0 Å². The zero-order valence-electron chi connectivity index (χ0n) is 10.1. The summed E-state index contributed by atoms with van der Waals surface area (Å²) < 4.78 is 5.12. The zero-order chi connectivity index (χ0) is 12.2. The summed E-state index contributed by atoms with van der Waals surface area (Å²) in [6, 6.07) is 1.93. The minimum atomic E-state index is -0.0672.